The Kier molecular flexibility index (Phi) is 5.32. The third kappa shape index (κ3) is 4.66. The van der Waals surface area contributed by atoms with E-state index in [4.69, 9.17) is 0 Å². The minimum atomic E-state index is -4.39. The van der Waals surface area contributed by atoms with Crippen LogP contribution in [0.5, 0.6) is 0 Å². The van der Waals surface area contributed by atoms with E-state index < -0.39 is 11.7 Å². The number of carbonyl (C=O) groups excluding carboxylic acids is 1. The predicted octanol–water partition coefficient (Wildman–Crippen LogP) is 4.80. The second kappa shape index (κ2) is 7.65. The number of hydrogen-bond donors (Lipinski definition) is 1. The molecule has 4 nitrogen and oxygen atoms in total. The van der Waals surface area contributed by atoms with E-state index >= 15 is 0 Å². The smallest absolute Gasteiger partial charge is 0.326 e. The van der Waals surface area contributed by atoms with Gasteiger partial charge in [0, 0.05) is 35.4 Å². The lowest BCUT2D eigenvalue weighted by atomic mass is 10.2. The zero-order valence-electron chi connectivity index (χ0n) is 13.5. The van der Waals surface area contributed by atoms with E-state index in [9.17, 15) is 18.0 Å². The first kappa shape index (κ1) is 18.1. The highest BCUT2D eigenvalue weighted by atomic mass is 32.1. The van der Waals surface area contributed by atoms with Gasteiger partial charge < -0.3 is 5.32 Å². The van der Waals surface area contributed by atoms with Gasteiger partial charge in [0.05, 0.1) is 11.3 Å². The number of aryl methyl sites for hydroxylation is 1. The number of anilines is 1. The van der Waals surface area contributed by atoms with Gasteiger partial charge in [-0.25, -0.2) is 4.98 Å². The Labute approximate surface area is 151 Å². The van der Waals surface area contributed by atoms with Crippen molar-refractivity contribution >= 4 is 22.9 Å². The zero-order chi connectivity index (χ0) is 18.6. The minimum absolute atomic E-state index is 0.195. The number of nitrogens with one attached hydrogen (secondary N) is 1. The van der Waals surface area contributed by atoms with Crippen LogP contribution >= 0.6 is 11.3 Å². The van der Waals surface area contributed by atoms with Crippen LogP contribution in [-0.2, 0) is 17.4 Å². The van der Waals surface area contributed by atoms with Crippen LogP contribution < -0.4 is 5.32 Å². The summed E-state index contributed by atoms with van der Waals surface area (Å²) in [5.74, 6) is -0.275. The van der Waals surface area contributed by atoms with Gasteiger partial charge in [-0.1, -0.05) is 0 Å². The maximum atomic E-state index is 12.5. The molecule has 2 heterocycles. The van der Waals surface area contributed by atoms with E-state index in [1.807, 2.05) is 17.5 Å². The summed E-state index contributed by atoms with van der Waals surface area (Å²) in [6, 6.07) is 8.09. The van der Waals surface area contributed by atoms with Gasteiger partial charge in [0.15, 0.2) is 0 Å². The highest BCUT2D eigenvalue weighted by Gasteiger charge is 2.29. The predicted molar refractivity (Wildman–Crippen MR) is 93.7 cm³/mol. The molecule has 0 bridgehead atoms. The van der Waals surface area contributed by atoms with Crippen molar-refractivity contribution in [1.82, 2.24) is 9.97 Å². The van der Waals surface area contributed by atoms with Gasteiger partial charge >= 0.3 is 6.18 Å². The molecule has 0 fully saturated rings. The molecule has 0 spiro atoms. The molecule has 1 amide bonds. The lowest BCUT2D eigenvalue weighted by Crippen LogP contribution is -2.13. The Morgan fingerprint density at radius 3 is 2.42 bits per heavy atom. The number of alkyl halides is 3. The molecule has 0 radical (unpaired) electrons. The Balaban J connectivity index is 1.54. The number of halogens is 3. The molecule has 0 atom stereocenters. The maximum Gasteiger partial charge on any atom is 0.416 e. The van der Waals surface area contributed by atoms with Crippen molar-refractivity contribution in [2.75, 3.05) is 5.32 Å². The molecule has 8 heteroatoms. The quantitative estimate of drug-likeness (QED) is 0.695. The summed E-state index contributed by atoms with van der Waals surface area (Å²) >= 11 is 1.49. The van der Waals surface area contributed by atoms with E-state index in [1.54, 1.807) is 12.4 Å². The van der Waals surface area contributed by atoms with Gasteiger partial charge in [-0.2, -0.15) is 13.2 Å². The fourth-order valence-electron chi connectivity index (χ4n) is 2.26. The summed E-state index contributed by atoms with van der Waals surface area (Å²) in [7, 11) is 0. The Hall–Kier alpha value is -2.74. The van der Waals surface area contributed by atoms with Crippen molar-refractivity contribution in [3.63, 3.8) is 0 Å². The number of aromatic nitrogens is 2. The van der Waals surface area contributed by atoms with Gasteiger partial charge in [0.25, 0.3) is 0 Å². The van der Waals surface area contributed by atoms with Crippen molar-refractivity contribution in [3.05, 3.63) is 65.4 Å². The third-order valence-corrected chi connectivity index (χ3v) is 4.52. The third-order valence-electron chi connectivity index (χ3n) is 3.58. The standard InChI is InChI=1S/C18H14F3N3OS/c19-18(20,21)13-1-3-14(4-2-13)23-16(25)6-5-15-11-26-17(24-15)12-7-9-22-10-8-12/h1-4,7-11H,5-6H2,(H,23,25). The van der Waals surface area contributed by atoms with E-state index in [0.717, 1.165) is 28.4 Å². The van der Waals surface area contributed by atoms with Gasteiger partial charge in [0.2, 0.25) is 5.91 Å². The van der Waals surface area contributed by atoms with Crippen molar-refractivity contribution < 1.29 is 18.0 Å². The lowest BCUT2D eigenvalue weighted by molar-refractivity contribution is -0.137. The van der Waals surface area contributed by atoms with Gasteiger partial charge in [-0.05, 0) is 42.8 Å². The average molecular weight is 377 g/mol. The van der Waals surface area contributed by atoms with E-state index in [-0.39, 0.29) is 12.3 Å². The van der Waals surface area contributed by atoms with Crippen LogP contribution in [0.4, 0.5) is 18.9 Å². The maximum absolute atomic E-state index is 12.5. The molecule has 26 heavy (non-hydrogen) atoms. The molecule has 0 aliphatic carbocycles. The van der Waals surface area contributed by atoms with E-state index in [0.29, 0.717) is 12.1 Å². The summed E-state index contributed by atoms with van der Waals surface area (Å²) < 4.78 is 37.6. The molecule has 0 aliphatic heterocycles. The van der Waals surface area contributed by atoms with E-state index in [1.165, 1.54) is 23.5 Å². The fourth-order valence-corrected chi connectivity index (χ4v) is 3.12. The number of pyridine rings is 1. The van der Waals surface area contributed by atoms with Crippen molar-refractivity contribution in [1.29, 1.82) is 0 Å². The first-order chi connectivity index (χ1) is 12.4. The highest BCUT2D eigenvalue weighted by molar-refractivity contribution is 7.13. The molecule has 134 valence electrons. The van der Waals surface area contributed by atoms with Crippen LogP contribution in [0.15, 0.2) is 54.2 Å². The molecule has 3 rings (SSSR count). The van der Waals surface area contributed by atoms with Crippen LogP contribution in [0.1, 0.15) is 17.7 Å². The molecule has 0 saturated carbocycles. The van der Waals surface area contributed by atoms with Crippen LogP contribution in [0, 0.1) is 0 Å². The molecule has 1 aromatic carbocycles. The minimum Gasteiger partial charge on any atom is -0.326 e. The van der Waals surface area contributed by atoms with Gasteiger partial charge in [-0.3, -0.25) is 9.78 Å². The zero-order valence-corrected chi connectivity index (χ0v) is 14.3. The number of carbonyl (C=O) groups is 1. The largest absolute Gasteiger partial charge is 0.416 e. The molecular weight excluding hydrogens is 363 g/mol. The normalized spacial score (nSPS) is 11.3. The first-order valence-electron chi connectivity index (χ1n) is 7.74. The van der Waals surface area contributed by atoms with Gasteiger partial charge in [-0.15, -0.1) is 11.3 Å². The summed E-state index contributed by atoms with van der Waals surface area (Å²) in [5, 5.41) is 5.33. The SMILES string of the molecule is O=C(CCc1csc(-c2ccncc2)n1)Nc1ccc(C(F)(F)F)cc1. The highest BCUT2D eigenvalue weighted by Crippen LogP contribution is 2.30. The molecule has 1 N–H and O–H groups in total. The Bertz CT molecular complexity index is 877. The van der Waals surface area contributed by atoms with Crippen LogP contribution in [0.25, 0.3) is 10.6 Å². The number of thiazole rings is 1. The number of benzene rings is 1. The first-order valence-corrected chi connectivity index (χ1v) is 8.62. The number of hydrogen-bond acceptors (Lipinski definition) is 4. The fraction of sp³-hybridized carbons (Fsp3) is 0.167. The molecule has 0 saturated heterocycles. The van der Waals surface area contributed by atoms with Crippen LogP contribution in [-0.4, -0.2) is 15.9 Å². The summed E-state index contributed by atoms with van der Waals surface area (Å²) in [6.07, 6.45) is -0.365. The summed E-state index contributed by atoms with van der Waals surface area (Å²) in [5.41, 5.74) is 1.34. The number of rotatable bonds is 5. The summed E-state index contributed by atoms with van der Waals surface area (Å²) in [4.78, 5) is 20.4. The Morgan fingerprint density at radius 1 is 1.08 bits per heavy atom. The molecule has 3 aromatic rings. The van der Waals surface area contributed by atoms with Crippen LogP contribution in [0.2, 0.25) is 0 Å². The molecule has 2 aromatic heterocycles. The molecular formula is C18H14F3N3OS. The van der Waals surface area contributed by atoms with E-state index in [2.05, 4.69) is 15.3 Å². The van der Waals surface area contributed by atoms with Crippen molar-refractivity contribution in [2.24, 2.45) is 0 Å². The monoisotopic (exact) mass is 377 g/mol. The second-order valence-electron chi connectivity index (χ2n) is 5.50. The molecule has 0 aliphatic rings. The van der Waals surface area contributed by atoms with Crippen molar-refractivity contribution in [2.45, 2.75) is 19.0 Å². The van der Waals surface area contributed by atoms with Crippen LogP contribution in [0.3, 0.4) is 0 Å². The number of amides is 1. The summed E-state index contributed by atoms with van der Waals surface area (Å²) in [6.45, 7) is 0. The molecule has 0 unspecified atom stereocenters. The lowest BCUT2D eigenvalue weighted by Gasteiger charge is -2.08. The number of nitrogens with zero attached hydrogens (tertiary/aromatic N) is 2. The topological polar surface area (TPSA) is 54.9 Å². The van der Waals surface area contributed by atoms with Crippen molar-refractivity contribution in [3.8, 4) is 10.6 Å². The average Bonchev–Trinajstić information content (AvgIpc) is 3.09. The Morgan fingerprint density at radius 2 is 1.77 bits per heavy atom. The second-order valence-corrected chi connectivity index (χ2v) is 6.36. The van der Waals surface area contributed by atoms with Gasteiger partial charge in [0.1, 0.15) is 5.01 Å².